The number of guanidine groups is 1. The molecule has 3 unspecified atom stereocenters. The zero-order valence-corrected chi connectivity index (χ0v) is 17.7. The van der Waals surface area contributed by atoms with Crippen molar-refractivity contribution >= 4 is 29.9 Å². The first-order chi connectivity index (χ1) is 11.8. The summed E-state index contributed by atoms with van der Waals surface area (Å²) >= 11 is 0. The SMILES string of the molecule is CCNC(=NCC1CN2CCCC2CO1)N1CCC2(CCOC2)C1.I. The first-order valence-corrected chi connectivity index (χ1v) is 9.75. The highest BCUT2D eigenvalue weighted by atomic mass is 127. The number of ether oxygens (including phenoxy) is 2. The van der Waals surface area contributed by atoms with Gasteiger partial charge >= 0.3 is 0 Å². The van der Waals surface area contributed by atoms with Crippen molar-refractivity contribution in [1.82, 2.24) is 15.1 Å². The second kappa shape index (κ2) is 8.71. The van der Waals surface area contributed by atoms with Crippen LogP contribution in [0.2, 0.25) is 0 Å². The summed E-state index contributed by atoms with van der Waals surface area (Å²) in [6.45, 7) is 11.0. The quantitative estimate of drug-likeness (QED) is 0.390. The van der Waals surface area contributed by atoms with Gasteiger partial charge in [-0.2, -0.15) is 0 Å². The van der Waals surface area contributed by atoms with E-state index in [0.29, 0.717) is 11.5 Å². The third kappa shape index (κ3) is 4.42. The molecule has 4 heterocycles. The van der Waals surface area contributed by atoms with Crippen molar-refractivity contribution < 1.29 is 9.47 Å². The van der Waals surface area contributed by atoms with Crippen molar-refractivity contribution in [1.29, 1.82) is 0 Å². The molecule has 3 atom stereocenters. The highest BCUT2D eigenvalue weighted by Crippen LogP contribution is 2.38. The highest BCUT2D eigenvalue weighted by Gasteiger charge is 2.42. The van der Waals surface area contributed by atoms with Gasteiger partial charge in [0.1, 0.15) is 0 Å². The Morgan fingerprint density at radius 2 is 2.24 bits per heavy atom. The lowest BCUT2D eigenvalue weighted by molar-refractivity contribution is -0.0432. The summed E-state index contributed by atoms with van der Waals surface area (Å²) in [6, 6.07) is 0.666. The fourth-order valence-electron chi connectivity index (χ4n) is 4.70. The summed E-state index contributed by atoms with van der Waals surface area (Å²) in [5, 5.41) is 3.48. The Kier molecular flexibility index (Phi) is 6.84. The maximum Gasteiger partial charge on any atom is 0.194 e. The Labute approximate surface area is 168 Å². The van der Waals surface area contributed by atoms with Crippen molar-refractivity contribution in [3.8, 4) is 0 Å². The van der Waals surface area contributed by atoms with Crippen LogP contribution in [0, 0.1) is 5.41 Å². The van der Waals surface area contributed by atoms with Crippen molar-refractivity contribution in [2.75, 3.05) is 59.1 Å². The minimum absolute atomic E-state index is 0. The molecule has 4 fully saturated rings. The third-order valence-electron chi connectivity index (χ3n) is 6.16. The van der Waals surface area contributed by atoms with Crippen LogP contribution in [0.5, 0.6) is 0 Å². The Morgan fingerprint density at radius 3 is 3.04 bits per heavy atom. The molecule has 1 spiro atoms. The maximum absolute atomic E-state index is 6.06. The zero-order chi connectivity index (χ0) is 16.4. The maximum atomic E-state index is 6.06. The molecule has 0 aromatic heterocycles. The molecule has 144 valence electrons. The van der Waals surface area contributed by atoms with Gasteiger partial charge in [-0.1, -0.05) is 0 Å². The van der Waals surface area contributed by atoms with Crippen LogP contribution >= 0.6 is 24.0 Å². The van der Waals surface area contributed by atoms with Crippen LogP contribution in [-0.2, 0) is 9.47 Å². The highest BCUT2D eigenvalue weighted by molar-refractivity contribution is 14.0. The molecule has 0 aromatic carbocycles. The van der Waals surface area contributed by atoms with E-state index in [1.54, 1.807) is 0 Å². The minimum atomic E-state index is 0. The number of nitrogens with zero attached hydrogens (tertiary/aromatic N) is 3. The van der Waals surface area contributed by atoms with Crippen LogP contribution in [0.4, 0.5) is 0 Å². The number of fused-ring (bicyclic) bond motifs is 1. The van der Waals surface area contributed by atoms with Crippen molar-refractivity contribution in [3.63, 3.8) is 0 Å². The number of aliphatic imine (C=N–C) groups is 1. The molecule has 0 bridgehead atoms. The van der Waals surface area contributed by atoms with Crippen molar-refractivity contribution in [2.45, 2.75) is 44.8 Å². The number of hydrogen-bond acceptors (Lipinski definition) is 4. The summed E-state index contributed by atoms with van der Waals surface area (Å²) in [5.74, 6) is 1.06. The van der Waals surface area contributed by atoms with Crippen molar-refractivity contribution in [2.24, 2.45) is 10.4 Å². The van der Waals surface area contributed by atoms with Gasteiger partial charge in [-0.05, 0) is 39.2 Å². The average Bonchev–Trinajstić information content (AvgIpc) is 3.33. The van der Waals surface area contributed by atoms with Crippen LogP contribution in [0.15, 0.2) is 4.99 Å². The van der Waals surface area contributed by atoms with Crippen LogP contribution in [0.25, 0.3) is 0 Å². The third-order valence-corrected chi connectivity index (χ3v) is 6.16. The Morgan fingerprint density at radius 1 is 1.32 bits per heavy atom. The predicted molar refractivity (Wildman–Crippen MR) is 110 cm³/mol. The molecule has 0 aromatic rings. The molecule has 1 N–H and O–H groups in total. The Bertz CT molecular complexity index is 470. The standard InChI is InChI=1S/C18H32N4O2.HI/c1-2-19-17(22-8-5-18(13-22)6-9-23-14-18)20-10-16-11-21-7-3-4-15(21)12-24-16;/h15-16H,2-14H2,1H3,(H,19,20);1H. The molecular weight excluding hydrogens is 431 g/mol. The fraction of sp³-hybridized carbons (Fsp3) is 0.944. The van der Waals surface area contributed by atoms with E-state index in [1.807, 2.05) is 0 Å². The molecule has 4 rings (SSSR count). The number of nitrogens with one attached hydrogen (secondary N) is 1. The lowest BCUT2D eigenvalue weighted by Crippen LogP contribution is -2.48. The number of rotatable bonds is 3. The monoisotopic (exact) mass is 464 g/mol. The van der Waals surface area contributed by atoms with Gasteiger partial charge in [-0.3, -0.25) is 9.89 Å². The van der Waals surface area contributed by atoms with Crippen LogP contribution in [0.1, 0.15) is 32.6 Å². The summed E-state index contributed by atoms with van der Waals surface area (Å²) in [6.07, 6.45) is 5.30. The molecule has 0 aliphatic carbocycles. The van der Waals surface area contributed by atoms with E-state index in [4.69, 9.17) is 14.5 Å². The van der Waals surface area contributed by atoms with E-state index < -0.39 is 0 Å². The van der Waals surface area contributed by atoms with Crippen LogP contribution in [-0.4, -0.2) is 87.0 Å². The molecule has 0 saturated carbocycles. The summed E-state index contributed by atoms with van der Waals surface area (Å²) < 4.78 is 11.7. The van der Waals surface area contributed by atoms with E-state index in [0.717, 1.165) is 58.5 Å². The predicted octanol–water partition coefficient (Wildman–Crippen LogP) is 1.55. The van der Waals surface area contributed by atoms with Gasteiger partial charge in [-0.25, -0.2) is 0 Å². The molecule has 7 heteroatoms. The molecule has 4 saturated heterocycles. The summed E-state index contributed by atoms with van der Waals surface area (Å²) in [4.78, 5) is 9.95. The second-order valence-electron chi connectivity index (χ2n) is 7.92. The van der Waals surface area contributed by atoms with E-state index in [9.17, 15) is 0 Å². The van der Waals surface area contributed by atoms with E-state index in [-0.39, 0.29) is 30.1 Å². The largest absolute Gasteiger partial charge is 0.381 e. The number of halogens is 1. The summed E-state index contributed by atoms with van der Waals surface area (Å²) in [7, 11) is 0. The lowest BCUT2D eigenvalue weighted by atomic mass is 9.87. The molecule has 4 aliphatic heterocycles. The number of likely N-dealkylation sites (tertiary alicyclic amines) is 1. The molecular formula is C18H33IN4O2. The van der Waals surface area contributed by atoms with Crippen LogP contribution in [0.3, 0.4) is 0 Å². The van der Waals surface area contributed by atoms with Gasteiger partial charge in [0.25, 0.3) is 0 Å². The van der Waals surface area contributed by atoms with Crippen molar-refractivity contribution in [3.05, 3.63) is 0 Å². The van der Waals surface area contributed by atoms with Gasteiger partial charge in [-0.15, -0.1) is 24.0 Å². The number of morpholine rings is 1. The molecule has 0 radical (unpaired) electrons. The molecule has 0 amide bonds. The van der Waals surface area contributed by atoms with Gasteiger partial charge in [0, 0.05) is 44.2 Å². The fourth-order valence-corrected chi connectivity index (χ4v) is 4.70. The smallest absolute Gasteiger partial charge is 0.194 e. The first kappa shape index (κ1) is 19.6. The van der Waals surface area contributed by atoms with Gasteiger partial charge in [0.2, 0.25) is 0 Å². The second-order valence-corrected chi connectivity index (χ2v) is 7.92. The molecule has 25 heavy (non-hydrogen) atoms. The van der Waals surface area contributed by atoms with Gasteiger partial charge < -0.3 is 19.7 Å². The molecule has 6 nitrogen and oxygen atoms in total. The van der Waals surface area contributed by atoms with E-state index >= 15 is 0 Å². The topological polar surface area (TPSA) is 49.3 Å². The van der Waals surface area contributed by atoms with E-state index in [2.05, 4.69) is 22.0 Å². The number of hydrogen-bond donors (Lipinski definition) is 1. The van der Waals surface area contributed by atoms with Gasteiger partial charge in [0.15, 0.2) is 5.96 Å². The first-order valence-electron chi connectivity index (χ1n) is 9.75. The average molecular weight is 464 g/mol. The van der Waals surface area contributed by atoms with E-state index in [1.165, 1.54) is 32.2 Å². The molecule has 4 aliphatic rings. The Hall–Kier alpha value is -0.120. The zero-order valence-electron chi connectivity index (χ0n) is 15.4. The lowest BCUT2D eigenvalue weighted by Gasteiger charge is -2.34. The normalized spacial score (nSPS) is 35.9. The van der Waals surface area contributed by atoms with Crippen LogP contribution < -0.4 is 5.32 Å². The Balaban J connectivity index is 0.00000182. The minimum Gasteiger partial charge on any atom is -0.381 e. The summed E-state index contributed by atoms with van der Waals surface area (Å²) in [5.41, 5.74) is 0.375. The van der Waals surface area contributed by atoms with Gasteiger partial charge in [0.05, 0.1) is 25.9 Å².